The van der Waals surface area contributed by atoms with Gasteiger partial charge in [-0.15, -0.1) is 0 Å². The van der Waals surface area contributed by atoms with Gasteiger partial charge in [0.2, 0.25) is 22.2 Å². The fourth-order valence-corrected chi connectivity index (χ4v) is 7.64. The smallest absolute Gasteiger partial charge is 0.310 e. The maximum atomic E-state index is 13.8. The van der Waals surface area contributed by atoms with Gasteiger partial charge in [0.1, 0.15) is 16.7 Å². The lowest BCUT2D eigenvalue weighted by molar-refractivity contribution is -0.163. The van der Waals surface area contributed by atoms with Gasteiger partial charge in [-0.05, 0) is 44.4 Å². The van der Waals surface area contributed by atoms with Crippen LogP contribution in [0, 0.1) is 0 Å². The summed E-state index contributed by atoms with van der Waals surface area (Å²) in [5, 5.41) is 12.9. The van der Waals surface area contributed by atoms with E-state index in [0.717, 1.165) is 29.3 Å². The number of sulfonamides is 1. The summed E-state index contributed by atoms with van der Waals surface area (Å²) in [6, 6.07) is 11.2. The Kier molecular flexibility index (Phi) is 11.8. The zero-order chi connectivity index (χ0) is 33.6. The van der Waals surface area contributed by atoms with Gasteiger partial charge >= 0.3 is 5.97 Å². The van der Waals surface area contributed by atoms with Crippen molar-refractivity contribution in [3.05, 3.63) is 42.5 Å². The van der Waals surface area contributed by atoms with Gasteiger partial charge in [0.25, 0.3) is 0 Å². The summed E-state index contributed by atoms with van der Waals surface area (Å²) in [6.07, 6.45) is 0.202. The molecular formula is C31H42N6O8S2. The van der Waals surface area contributed by atoms with Crippen molar-refractivity contribution in [1.29, 1.82) is 0 Å². The highest BCUT2D eigenvalue weighted by molar-refractivity contribution is 7.98. The predicted octanol–water partition coefficient (Wildman–Crippen LogP) is 1.73. The van der Waals surface area contributed by atoms with E-state index in [-0.39, 0.29) is 42.7 Å². The number of piperazine rings is 1. The van der Waals surface area contributed by atoms with Crippen molar-refractivity contribution >= 4 is 50.4 Å². The minimum Gasteiger partial charge on any atom is -0.487 e. The summed E-state index contributed by atoms with van der Waals surface area (Å²) >= 11 is 1.50. The van der Waals surface area contributed by atoms with E-state index < -0.39 is 34.4 Å². The zero-order valence-electron chi connectivity index (χ0n) is 26.8. The van der Waals surface area contributed by atoms with Gasteiger partial charge in [0, 0.05) is 51.1 Å². The average molecular weight is 691 g/mol. The lowest BCUT2D eigenvalue weighted by atomic mass is 10.2. The number of ether oxygens (including phenoxy) is 3. The number of anilines is 1. The summed E-state index contributed by atoms with van der Waals surface area (Å²) in [7, 11) is -4.24. The number of aliphatic hydroxyl groups excluding tert-OH is 1. The quantitative estimate of drug-likeness (QED) is 0.157. The van der Waals surface area contributed by atoms with E-state index in [2.05, 4.69) is 19.9 Å². The van der Waals surface area contributed by atoms with Gasteiger partial charge in [-0.25, -0.2) is 18.1 Å². The summed E-state index contributed by atoms with van der Waals surface area (Å²) < 4.78 is 49.0. The molecule has 3 atom stereocenters. The highest BCUT2D eigenvalue weighted by Gasteiger charge is 2.39. The molecule has 2 aliphatic heterocycles. The molecule has 2 fully saturated rings. The second kappa shape index (κ2) is 15.8. The number of carbonyl (C=O) groups excluding carboxylic acids is 2. The minimum atomic E-state index is -4.24. The zero-order valence-corrected chi connectivity index (χ0v) is 28.4. The third-order valence-corrected chi connectivity index (χ3v) is 10.1. The highest BCUT2D eigenvalue weighted by atomic mass is 32.2. The van der Waals surface area contributed by atoms with Crippen LogP contribution in [0.2, 0.25) is 0 Å². The molecule has 47 heavy (non-hydrogen) atoms. The molecule has 0 saturated carbocycles. The molecule has 0 bridgehead atoms. The van der Waals surface area contributed by atoms with Crippen LogP contribution in [0.15, 0.2) is 52.5 Å². The molecule has 2 unspecified atom stereocenters. The van der Waals surface area contributed by atoms with Crippen LogP contribution in [0.1, 0.15) is 20.3 Å². The van der Waals surface area contributed by atoms with Crippen LogP contribution >= 0.6 is 11.8 Å². The predicted molar refractivity (Wildman–Crippen MR) is 177 cm³/mol. The number of hydrogen-bond donors (Lipinski definition) is 3. The van der Waals surface area contributed by atoms with Crippen LogP contribution in [0.4, 0.5) is 5.69 Å². The Morgan fingerprint density at radius 3 is 2.64 bits per heavy atom. The van der Waals surface area contributed by atoms with Gasteiger partial charge in [0.05, 0.1) is 43.2 Å². The number of fused-ring (bicyclic) bond motifs is 1. The molecule has 2 saturated heterocycles. The van der Waals surface area contributed by atoms with Crippen molar-refractivity contribution in [3.8, 4) is 5.75 Å². The van der Waals surface area contributed by atoms with Crippen LogP contribution in [-0.2, 0) is 35.6 Å². The molecule has 14 nitrogen and oxygen atoms in total. The fraction of sp³-hybridized carbons (Fsp3) is 0.516. The monoisotopic (exact) mass is 690 g/mol. The van der Waals surface area contributed by atoms with E-state index in [4.69, 9.17) is 14.2 Å². The van der Waals surface area contributed by atoms with Crippen molar-refractivity contribution < 1.29 is 37.3 Å². The van der Waals surface area contributed by atoms with Crippen LogP contribution in [-0.4, -0.2) is 122 Å². The molecule has 3 N–H and O–H groups in total. The summed E-state index contributed by atoms with van der Waals surface area (Å²) in [6.45, 7) is 7.94. The minimum absolute atomic E-state index is 0.0359. The van der Waals surface area contributed by atoms with Crippen molar-refractivity contribution in [2.45, 2.75) is 55.3 Å². The molecule has 0 spiro atoms. The number of rotatable bonds is 15. The first-order valence-corrected chi connectivity index (χ1v) is 18.3. The van der Waals surface area contributed by atoms with E-state index in [1.165, 1.54) is 30.0 Å². The van der Waals surface area contributed by atoms with Crippen LogP contribution in [0.3, 0.4) is 0 Å². The Labute approximate surface area is 278 Å². The van der Waals surface area contributed by atoms with Gasteiger partial charge in [-0.3, -0.25) is 19.4 Å². The van der Waals surface area contributed by atoms with Gasteiger partial charge in [-0.1, -0.05) is 23.9 Å². The molecule has 3 aromatic rings. The topological polar surface area (TPSA) is 165 Å². The molecule has 16 heteroatoms. The molecule has 3 heterocycles. The molecule has 0 radical (unpaired) electrons. The first-order valence-electron chi connectivity index (χ1n) is 15.6. The van der Waals surface area contributed by atoms with E-state index >= 15 is 0 Å². The Bertz CT molecular complexity index is 1660. The largest absolute Gasteiger partial charge is 0.487 e. The lowest BCUT2D eigenvalue weighted by Crippen LogP contribution is -2.49. The van der Waals surface area contributed by atoms with Gasteiger partial charge in [-0.2, -0.15) is 0 Å². The number of nitrogens with one attached hydrogen (secondary N) is 2. The number of thioether (sulfide) groups is 1. The number of para-hydroxylation sites is 2. The van der Waals surface area contributed by atoms with Crippen molar-refractivity contribution in [1.82, 2.24) is 24.1 Å². The van der Waals surface area contributed by atoms with E-state index in [1.807, 2.05) is 46.9 Å². The summed E-state index contributed by atoms with van der Waals surface area (Å²) in [5.41, 5.74) is 2.14. The first kappa shape index (κ1) is 35.1. The van der Waals surface area contributed by atoms with Gasteiger partial charge in [0.15, 0.2) is 5.16 Å². The number of aromatic nitrogens is 2. The second-order valence-corrected chi connectivity index (χ2v) is 13.9. The number of nitrogens with zero attached hydrogens (tertiary/aromatic N) is 4. The highest BCUT2D eigenvalue weighted by Crippen LogP contribution is 2.31. The summed E-state index contributed by atoms with van der Waals surface area (Å²) in [5.74, 6) is -0.774. The maximum absolute atomic E-state index is 13.8. The Balaban J connectivity index is 1.37. The Morgan fingerprint density at radius 1 is 1.17 bits per heavy atom. The molecule has 2 aromatic carbocycles. The maximum Gasteiger partial charge on any atom is 0.310 e. The Morgan fingerprint density at radius 2 is 1.91 bits per heavy atom. The van der Waals surface area contributed by atoms with Crippen LogP contribution < -0.4 is 14.8 Å². The van der Waals surface area contributed by atoms with Crippen LogP contribution in [0.5, 0.6) is 5.75 Å². The SMILES string of the molecule is CCOC1OC(=O)CC1NS(=O)(=O)c1ccc(NC(=O)CN2CCN(CCO)CC2)cc1O[C@H](C)Cn1c(SC)nc2ccccc21. The van der Waals surface area contributed by atoms with Gasteiger partial charge < -0.3 is 29.2 Å². The molecular weight excluding hydrogens is 649 g/mol. The number of esters is 1. The molecule has 256 valence electrons. The third kappa shape index (κ3) is 8.81. The number of β-amino-alcohol motifs (C(OH)–C–C–N with tert-alkyl or cyclic N) is 1. The number of imidazole rings is 1. The fourth-order valence-electron chi connectivity index (χ4n) is 5.72. The first-order chi connectivity index (χ1) is 22.6. The van der Waals surface area contributed by atoms with Crippen molar-refractivity contribution in [2.75, 3.05) is 64.1 Å². The average Bonchev–Trinajstić information content (AvgIpc) is 3.56. The molecule has 2 aliphatic rings. The molecule has 0 aliphatic carbocycles. The molecule has 1 amide bonds. The number of benzene rings is 2. The lowest BCUT2D eigenvalue weighted by Gasteiger charge is -2.33. The second-order valence-electron chi connectivity index (χ2n) is 11.4. The standard InChI is InChI=1S/C31H42N6O8S2/c1-4-43-30-24(18-29(40)45-30)34-47(41,42)27-10-9-22(32-28(39)20-36-13-11-35(12-14-36)15-16-38)17-26(27)44-21(2)19-37-25-8-6-5-7-23(25)33-31(37)46-3/h5-10,17,21,24,30,34,38H,4,11-16,18-20H2,1-3H3,(H,32,39)/t21-,24?,30?/m1/s1. The number of cyclic esters (lactones) is 1. The van der Waals surface area contributed by atoms with Crippen LogP contribution in [0.25, 0.3) is 11.0 Å². The van der Waals surface area contributed by atoms with E-state index in [1.54, 1.807) is 6.92 Å². The molecule has 5 rings (SSSR count). The van der Waals surface area contributed by atoms with E-state index in [9.17, 15) is 23.1 Å². The number of carbonyl (C=O) groups is 2. The molecule has 1 aromatic heterocycles. The normalized spacial score (nSPS) is 20.0. The van der Waals surface area contributed by atoms with E-state index in [0.29, 0.717) is 31.9 Å². The number of amides is 1. The Hall–Kier alpha value is -3.25. The van der Waals surface area contributed by atoms with Crippen molar-refractivity contribution in [3.63, 3.8) is 0 Å². The third-order valence-electron chi connectivity index (χ3n) is 7.94. The summed E-state index contributed by atoms with van der Waals surface area (Å²) in [4.78, 5) is 33.7. The number of hydrogen-bond acceptors (Lipinski definition) is 12. The number of aliphatic hydroxyl groups is 1. The van der Waals surface area contributed by atoms with Crippen molar-refractivity contribution in [2.24, 2.45) is 0 Å².